The number of amidine groups is 1. The zero-order chi connectivity index (χ0) is 29.2. The van der Waals surface area contributed by atoms with Gasteiger partial charge < -0.3 is 20.7 Å². The predicted octanol–water partition coefficient (Wildman–Crippen LogP) is 4.47. The number of nitrogens with two attached hydrogens (primary N) is 1. The number of nitrogens with zero attached hydrogens (tertiary/aromatic N) is 4. The van der Waals surface area contributed by atoms with Crippen molar-refractivity contribution in [3.63, 3.8) is 0 Å². The number of hydrogen-bond donors (Lipinski definition) is 2. The summed E-state index contributed by atoms with van der Waals surface area (Å²) >= 11 is 0. The summed E-state index contributed by atoms with van der Waals surface area (Å²) in [4.78, 5) is 4.54. The molecule has 3 aliphatic heterocycles. The summed E-state index contributed by atoms with van der Waals surface area (Å²) in [5.41, 5.74) is 9.66. The molecule has 0 amide bonds. The van der Waals surface area contributed by atoms with Crippen LogP contribution in [-0.4, -0.2) is 78.7 Å². The van der Waals surface area contributed by atoms with Gasteiger partial charge in [-0.2, -0.15) is 13.2 Å². The number of hydrazone groups is 1. The van der Waals surface area contributed by atoms with Gasteiger partial charge in [-0.15, -0.1) is 5.10 Å². The molecule has 40 heavy (non-hydrogen) atoms. The minimum atomic E-state index is -4.43. The summed E-state index contributed by atoms with van der Waals surface area (Å²) in [6, 6.07) is 5.07. The Morgan fingerprint density at radius 3 is 2.42 bits per heavy atom. The third-order valence-corrected chi connectivity index (χ3v) is 7.87. The molecule has 3 N–H and O–H groups in total. The second kappa shape index (κ2) is 12.4. The largest absolute Gasteiger partial charge is 0.416 e. The highest BCUT2D eigenvalue weighted by Crippen LogP contribution is 2.36. The van der Waals surface area contributed by atoms with E-state index in [1.54, 1.807) is 18.0 Å². The van der Waals surface area contributed by atoms with Crippen molar-refractivity contribution in [1.29, 1.82) is 0 Å². The van der Waals surface area contributed by atoms with E-state index in [1.165, 1.54) is 6.07 Å². The van der Waals surface area contributed by atoms with Crippen LogP contribution in [0.5, 0.6) is 0 Å². The van der Waals surface area contributed by atoms with E-state index in [1.807, 2.05) is 6.08 Å². The molecular formula is C30H43F3N6O. The van der Waals surface area contributed by atoms with Crippen molar-refractivity contribution in [2.75, 3.05) is 45.9 Å². The molecule has 4 rings (SSSR count). The third-order valence-electron chi connectivity index (χ3n) is 7.87. The van der Waals surface area contributed by atoms with Crippen LogP contribution in [0.2, 0.25) is 0 Å². The maximum Gasteiger partial charge on any atom is 0.416 e. The van der Waals surface area contributed by atoms with Gasteiger partial charge in [0.15, 0.2) is 5.84 Å². The number of benzene rings is 1. The zero-order valence-corrected chi connectivity index (χ0v) is 24.3. The Bertz CT molecular complexity index is 1170. The molecule has 220 valence electrons. The van der Waals surface area contributed by atoms with Gasteiger partial charge in [0.1, 0.15) is 0 Å². The van der Waals surface area contributed by atoms with Crippen molar-refractivity contribution in [3.05, 3.63) is 70.2 Å². The van der Waals surface area contributed by atoms with Crippen molar-refractivity contribution in [2.45, 2.75) is 59.3 Å². The molecule has 2 fully saturated rings. The Morgan fingerprint density at radius 1 is 1.18 bits per heavy atom. The molecule has 0 saturated carbocycles. The van der Waals surface area contributed by atoms with Crippen LogP contribution < -0.4 is 11.1 Å². The molecule has 3 heterocycles. The minimum absolute atomic E-state index is 0.114. The van der Waals surface area contributed by atoms with Crippen molar-refractivity contribution < 1.29 is 17.9 Å². The van der Waals surface area contributed by atoms with E-state index in [0.717, 1.165) is 30.4 Å². The fourth-order valence-electron chi connectivity index (χ4n) is 5.81. The summed E-state index contributed by atoms with van der Waals surface area (Å²) in [5, 5.41) is 10.4. The number of alkyl halides is 3. The van der Waals surface area contributed by atoms with Crippen LogP contribution >= 0.6 is 0 Å². The van der Waals surface area contributed by atoms with E-state index in [0.29, 0.717) is 67.7 Å². The van der Waals surface area contributed by atoms with Crippen LogP contribution in [0.3, 0.4) is 0 Å². The van der Waals surface area contributed by atoms with Gasteiger partial charge in [0.05, 0.1) is 30.2 Å². The lowest BCUT2D eigenvalue weighted by atomic mass is 9.92. The molecule has 2 atom stereocenters. The maximum atomic E-state index is 13.8. The standard InChI is InChI=1S/C30H43F3N6O/c1-19(2)25(18-37-16-20(3)35-21(4)17-37)28(14-24-8-7-9-26(22(24)5)30(31,32)33)39-23(6)27(34)15-29(36-39)38-10-12-40-13-11-38/h7-9,15,19-21,35H,6,10-14,16-18,34H2,1-5H3/b28-25-. The fourth-order valence-corrected chi connectivity index (χ4v) is 5.81. The van der Waals surface area contributed by atoms with Crippen molar-refractivity contribution in [2.24, 2.45) is 16.8 Å². The molecule has 0 aliphatic carbocycles. The van der Waals surface area contributed by atoms with Crippen LogP contribution in [0.1, 0.15) is 44.4 Å². The summed E-state index contributed by atoms with van der Waals surface area (Å²) in [6.45, 7) is 19.4. The SMILES string of the molecule is C=C1C(N)=CC(N2CCOCC2)=NN1/C(Cc1cccc(C(F)(F)F)c1C)=C(/CN1CC(C)NC(C)C1)C(C)C. The lowest BCUT2D eigenvalue weighted by Crippen LogP contribution is -2.54. The molecule has 1 aromatic rings. The van der Waals surface area contributed by atoms with Crippen LogP contribution in [0.15, 0.2) is 58.6 Å². The first-order valence-corrected chi connectivity index (χ1v) is 14.1. The molecule has 2 unspecified atom stereocenters. The summed E-state index contributed by atoms with van der Waals surface area (Å²) < 4.78 is 47.1. The zero-order valence-electron chi connectivity index (χ0n) is 24.3. The molecule has 0 bridgehead atoms. The highest BCUT2D eigenvalue weighted by Gasteiger charge is 2.34. The second-order valence-electron chi connectivity index (χ2n) is 11.5. The van der Waals surface area contributed by atoms with Gasteiger partial charge in [0.25, 0.3) is 0 Å². The Balaban J connectivity index is 1.83. The first-order chi connectivity index (χ1) is 18.8. The molecule has 0 aromatic heterocycles. The van der Waals surface area contributed by atoms with Gasteiger partial charge in [0.2, 0.25) is 0 Å². The fraction of sp³-hybridized carbons (Fsp3) is 0.567. The second-order valence-corrected chi connectivity index (χ2v) is 11.5. The quantitative estimate of drug-likeness (QED) is 0.536. The third kappa shape index (κ3) is 6.90. The summed E-state index contributed by atoms with van der Waals surface area (Å²) in [5.74, 6) is 0.822. The summed E-state index contributed by atoms with van der Waals surface area (Å²) in [6.07, 6.45) is -2.33. The Kier molecular flexibility index (Phi) is 9.32. The Hall–Kier alpha value is -2.82. The van der Waals surface area contributed by atoms with E-state index in [-0.39, 0.29) is 17.9 Å². The molecule has 0 spiro atoms. The van der Waals surface area contributed by atoms with Gasteiger partial charge in [0, 0.05) is 63.0 Å². The van der Waals surface area contributed by atoms with E-state index < -0.39 is 11.7 Å². The van der Waals surface area contributed by atoms with Gasteiger partial charge in [-0.3, -0.25) is 4.90 Å². The lowest BCUT2D eigenvalue weighted by molar-refractivity contribution is -0.138. The van der Waals surface area contributed by atoms with E-state index in [9.17, 15) is 13.2 Å². The normalized spacial score (nSPS) is 23.8. The molecule has 1 aromatic carbocycles. The number of ether oxygens (including phenoxy) is 1. The van der Waals surface area contributed by atoms with Crippen LogP contribution in [0, 0.1) is 12.8 Å². The average Bonchev–Trinajstić information content (AvgIpc) is 2.88. The van der Waals surface area contributed by atoms with Crippen molar-refractivity contribution >= 4 is 5.84 Å². The number of piperazine rings is 1. The van der Waals surface area contributed by atoms with Crippen LogP contribution in [0.4, 0.5) is 13.2 Å². The topological polar surface area (TPSA) is 69.4 Å². The number of halogens is 3. The van der Waals surface area contributed by atoms with Crippen molar-refractivity contribution in [1.82, 2.24) is 20.1 Å². The first-order valence-electron chi connectivity index (χ1n) is 14.1. The lowest BCUT2D eigenvalue weighted by Gasteiger charge is -2.39. The molecule has 0 radical (unpaired) electrons. The average molecular weight is 561 g/mol. The number of nitrogens with one attached hydrogen (secondary N) is 1. The van der Waals surface area contributed by atoms with E-state index in [4.69, 9.17) is 15.6 Å². The van der Waals surface area contributed by atoms with Crippen LogP contribution in [0.25, 0.3) is 0 Å². The maximum absolute atomic E-state index is 13.8. The number of rotatable bonds is 6. The smallest absolute Gasteiger partial charge is 0.397 e. The highest BCUT2D eigenvalue weighted by atomic mass is 19.4. The summed E-state index contributed by atoms with van der Waals surface area (Å²) in [7, 11) is 0. The minimum Gasteiger partial charge on any atom is -0.397 e. The Labute approximate surface area is 236 Å². The molecule has 7 nitrogen and oxygen atoms in total. The van der Waals surface area contributed by atoms with Gasteiger partial charge in [-0.05, 0) is 49.5 Å². The molecule has 3 aliphatic rings. The highest BCUT2D eigenvalue weighted by molar-refractivity contribution is 5.95. The molecule has 10 heteroatoms. The van der Waals surface area contributed by atoms with E-state index in [2.05, 4.69) is 49.4 Å². The monoisotopic (exact) mass is 560 g/mol. The molecule has 2 saturated heterocycles. The Morgan fingerprint density at radius 2 is 1.82 bits per heavy atom. The van der Waals surface area contributed by atoms with Gasteiger partial charge in [-0.1, -0.05) is 32.6 Å². The number of hydrogen-bond acceptors (Lipinski definition) is 7. The number of allylic oxidation sites excluding steroid dienone is 1. The van der Waals surface area contributed by atoms with Crippen LogP contribution in [-0.2, 0) is 17.3 Å². The predicted molar refractivity (Wildman–Crippen MR) is 153 cm³/mol. The van der Waals surface area contributed by atoms with Crippen molar-refractivity contribution in [3.8, 4) is 0 Å². The molecular weight excluding hydrogens is 517 g/mol. The van der Waals surface area contributed by atoms with Gasteiger partial charge >= 0.3 is 6.18 Å². The van der Waals surface area contributed by atoms with Gasteiger partial charge in [-0.25, -0.2) is 5.01 Å². The van der Waals surface area contributed by atoms with E-state index >= 15 is 0 Å². The number of morpholine rings is 1. The first kappa shape index (κ1) is 30.1.